The summed E-state index contributed by atoms with van der Waals surface area (Å²) in [4.78, 5) is 8.03. The van der Waals surface area contributed by atoms with Crippen molar-refractivity contribution in [3.8, 4) is 0 Å². The second-order valence-corrected chi connectivity index (χ2v) is 1.80. The van der Waals surface area contributed by atoms with Gasteiger partial charge in [-0.15, -0.1) is 0 Å². The predicted molar refractivity (Wildman–Crippen MR) is 41.6 cm³/mol. The van der Waals surface area contributed by atoms with Gasteiger partial charge >= 0.3 is 0 Å². The Hall–Kier alpha value is -1.00. The zero-order chi connectivity index (χ0) is 5.98. The molecule has 0 saturated carbocycles. The van der Waals surface area contributed by atoms with Crippen molar-refractivity contribution < 1.29 is 0 Å². The highest BCUT2D eigenvalue weighted by Gasteiger charge is 1.82. The zero-order valence-corrected chi connectivity index (χ0v) is 6.46. The maximum absolute atomic E-state index is 4.02. The van der Waals surface area contributed by atoms with E-state index in [4.69, 9.17) is 0 Å². The van der Waals surface area contributed by atoms with Gasteiger partial charge in [-0.2, -0.15) is 0 Å². The maximum Gasteiger partial charge on any atom is 0.0555 e. The van der Waals surface area contributed by atoms with Crippen molar-refractivity contribution in [2.24, 2.45) is 0 Å². The first-order chi connectivity index (χ1) is 3.79. The Balaban J connectivity index is 0. The second-order valence-electron chi connectivity index (χ2n) is 1.80. The van der Waals surface area contributed by atoms with E-state index in [0.29, 0.717) is 0 Å². The van der Waals surface area contributed by atoms with Gasteiger partial charge in [-0.3, -0.25) is 9.97 Å². The summed E-state index contributed by atoms with van der Waals surface area (Å²) in [6.07, 6.45) is 3.52. The van der Waals surface area contributed by atoms with E-state index in [2.05, 4.69) is 9.97 Å². The molecule has 4 nitrogen and oxygen atoms in total. The highest BCUT2D eigenvalue weighted by molar-refractivity contribution is 4.97. The van der Waals surface area contributed by atoms with Gasteiger partial charge in [0.15, 0.2) is 0 Å². The van der Waals surface area contributed by atoms with Crippen molar-refractivity contribution >= 4 is 0 Å². The zero-order valence-electron chi connectivity index (χ0n) is 6.46. The van der Waals surface area contributed by atoms with Crippen LogP contribution in [0.15, 0.2) is 12.4 Å². The van der Waals surface area contributed by atoms with E-state index in [9.17, 15) is 0 Å². The third-order valence-corrected chi connectivity index (χ3v) is 0.910. The average Bonchev–Trinajstić information content (AvgIpc) is 1.77. The van der Waals surface area contributed by atoms with Crippen LogP contribution in [0.4, 0.5) is 0 Å². The fourth-order valence-electron chi connectivity index (χ4n) is 0.457. The standard InChI is InChI=1S/C6H8N2.2H3N/c1-5-3-8-6(2)4-7-5;;/h3-4H,1-2H3;2*1H3. The van der Waals surface area contributed by atoms with Crippen LogP contribution in [0.5, 0.6) is 0 Å². The van der Waals surface area contributed by atoms with Gasteiger partial charge in [0.05, 0.1) is 11.4 Å². The minimum absolute atomic E-state index is 0. The molecule has 58 valence electrons. The molecule has 0 aliphatic rings. The molecule has 0 atom stereocenters. The molecular weight excluding hydrogens is 128 g/mol. The lowest BCUT2D eigenvalue weighted by molar-refractivity contribution is 1.06. The summed E-state index contributed by atoms with van der Waals surface area (Å²) in [5.74, 6) is 0. The third kappa shape index (κ3) is 3.11. The van der Waals surface area contributed by atoms with Gasteiger partial charge in [0.2, 0.25) is 0 Å². The van der Waals surface area contributed by atoms with Gasteiger partial charge in [0.25, 0.3) is 0 Å². The van der Waals surface area contributed by atoms with Crippen molar-refractivity contribution in [2.45, 2.75) is 13.8 Å². The molecule has 1 aromatic heterocycles. The van der Waals surface area contributed by atoms with E-state index < -0.39 is 0 Å². The predicted octanol–water partition coefficient (Wildman–Crippen LogP) is 1.42. The summed E-state index contributed by atoms with van der Waals surface area (Å²) in [6, 6.07) is 0. The Morgan fingerprint density at radius 2 is 1.20 bits per heavy atom. The molecule has 0 amide bonds. The van der Waals surface area contributed by atoms with Crippen LogP contribution in [-0.4, -0.2) is 9.97 Å². The van der Waals surface area contributed by atoms with Crippen LogP contribution in [0.25, 0.3) is 0 Å². The highest BCUT2D eigenvalue weighted by Crippen LogP contribution is 1.88. The lowest BCUT2D eigenvalue weighted by Gasteiger charge is -1.88. The molecule has 4 heteroatoms. The molecule has 0 aliphatic heterocycles. The van der Waals surface area contributed by atoms with Crippen LogP contribution in [0.2, 0.25) is 0 Å². The fourth-order valence-corrected chi connectivity index (χ4v) is 0.457. The maximum atomic E-state index is 4.02. The lowest BCUT2D eigenvalue weighted by Crippen LogP contribution is -1.84. The fraction of sp³-hybridized carbons (Fsp3) is 0.333. The topological polar surface area (TPSA) is 95.8 Å². The monoisotopic (exact) mass is 142 g/mol. The summed E-state index contributed by atoms with van der Waals surface area (Å²) >= 11 is 0. The van der Waals surface area contributed by atoms with Crippen molar-refractivity contribution in [2.75, 3.05) is 0 Å². The molecule has 0 bridgehead atoms. The number of hydrogen-bond acceptors (Lipinski definition) is 4. The van der Waals surface area contributed by atoms with Crippen molar-refractivity contribution in [3.63, 3.8) is 0 Å². The quantitative estimate of drug-likeness (QED) is 0.572. The Morgan fingerprint density at radius 3 is 1.40 bits per heavy atom. The minimum Gasteiger partial charge on any atom is -0.344 e. The van der Waals surface area contributed by atoms with Crippen molar-refractivity contribution in [3.05, 3.63) is 23.8 Å². The summed E-state index contributed by atoms with van der Waals surface area (Å²) < 4.78 is 0. The van der Waals surface area contributed by atoms with Crippen LogP contribution in [0.1, 0.15) is 11.4 Å². The summed E-state index contributed by atoms with van der Waals surface area (Å²) in [5.41, 5.74) is 1.94. The Morgan fingerprint density at radius 1 is 0.900 bits per heavy atom. The molecule has 0 aromatic carbocycles. The van der Waals surface area contributed by atoms with Crippen LogP contribution >= 0.6 is 0 Å². The molecule has 1 aromatic rings. The summed E-state index contributed by atoms with van der Waals surface area (Å²) in [7, 11) is 0. The van der Waals surface area contributed by atoms with Gasteiger partial charge in [0.1, 0.15) is 0 Å². The highest BCUT2D eigenvalue weighted by atomic mass is 14.8. The third-order valence-electron chi connectivity index (χ3n) is 0.910. The van der Waals surface area contributed by atoms with Gasteiger partial charge in [0, 0.05) is 12.4 Å². The largest absolute Gasteiger partial charge is 0.344 e. The van der Waals surface area contributed by atoms with Crippen LogP contribution in [0, 0.1) is 13.8 Å². The molecule has 0 radical (unpaired) electrons. The Labute approximate surface area is 60.9 Å². The van der Waals surface area contributed by atoms with E-state index >= 15 is 0 Å². The van der Waals surface area contributed by atoms with E-state index in [-0.39, 0.29) is 12.3 Å². The van der Waals surface area contributed by atoms with Gasteiger partial charge in [-0.25, -0.2) is 0 Å². The van der Waals surface area contributed by atoms with Crippen LogP contribution < -0.4 is 12.3 Å². The van der Waals surface area contributed by atoms with Crippen molar-refractivity contribution in [1.29, 1.82) is 0 Å². The van der Waals surface area contributed by atoms with Gasteiger partial charge < -0.3 is 12.3 Å². The molecule has 1 rings (SSSR count). The van der Waals surface area contributed by atoms with Crippen LogP contribution in [0.3, 0.4) is 0 Å². The minimum atomic E-state index is 0. The molecule has 6 N–H and O–H groups in total. The molecular formula is C6H14N4. The number of aromatic nitrogens is 2. The smallest absolute Gasteiger partial charge is 0.0555 e. The van der Waals surface area contributed by atoms with Gasteiger partial charge in [-0.05, 0) is 13.8 Å². The second kappa shape index (κ2) is 4.84. The van der Waals surface area contributed by atoms with Crippen LogP contribution in [-0.2, 0) is 0 Å². The Kier molecular flexibility index (Phi) is 5.69. The first kappa shape index (κ1) is 11.8. The van der Waals surface area contributed by atoms with E-state index in [1.807, 2.05) is 13.8 Å². The molecule has 0 aliphatic carbocycles. The lowest BCUT2D eigenvalue weighted by atomic mass is 10.5. The molecule has 0 saturated heterocycles. The summed E-state index contributed by atoms with van der Waals surface area (Å²) in [6.45, 7) is 3.85. The number of nitrogens with zero attached hydrogens (tertiary/aromatic N) is 2. The van der Waals surface area contributed by atoms with E-state index in [0.717, 1.165) is 11.4 Å². The van der Waals surface area contributed by atoms with E-state index in [1.54, 1.807) is 12.4 Å². The van der Waals surface area contributed by atoms with E-state index in [1.165, 1.54) is 0 Å². The van der Waals surface area contributed by atoms with Crippen molar-refractivity contribution in [1.82, 2.24) is 22.3 Å². The molecule has 0 spiro atoms. The normalized spacial score (nSPS) is 7.40. The molecule has 1 heterocycles. The first-order valence-corrected chi connectivity index (χ1v) is 2.54. The molecule has 0 unspecified atom stereocenters. The molecule has 0 fully saturated rings. The SMILES string of the molecule is Cc1cnc(C)cn1.N.N. The number of rotatable bonds is 0. The summed E-state index contributed by atoms with van der Waals surface area (Å²) in [5, 5.41) is 0. The number of hydrogen-bond donors (Lipinski definition) is 2. The number of aryl methyl sites for hydroxylation is 2. The average molecular weight is 142 g/mol. The molecule has 10 heavy (non-hydrogen) atoms. The Bertz CT molecular complexity index is 149. The first-order valence-electron chi connectivity index (χ1n) is 2.54. The van der Waals surface area contributed by atoms with Gasteiger partial charge in [-0.1, -0.05) is 0 Å².